The molecule has 96 valence electrons. The minimum Gasteiger partial charge on any atom is -0.421 e. The predicted molar refractivity (Wildman–Crippen MR) is 77.7 cm³/mol. The van der Waals surface area contributed by atoms with E-state index in [0.29, 0.717) is 11.8 Å². The van der Waals surface area contributed by atoms with Crippen molar-refractivity contribution >= 4 is 43.2 Å². The van der Waals surface area contributed by atoms with Crippen LogP contribution in [-0.2, 0) is 6.42 Å². The van der Waals surface area contributed by atoms with Crippen molar-refractivity contribution in [2.75, 3.05) is 6.54 Å². The minimum atomic E-state index is 0.574. The van der Waals surface area contributed by atoms with Crippen molar-refractivity contribution in [1.29, 1.82) is 0 Å². The number of nitrogens with one attached hydrogen (secondary N) is 1. The SMILES string of the molecule is Brc1cc(-c2nnc(CCNC3CC3)o2)c(Br)s1. The number of rotatable bonds is 5. The van der Waals surface area contributed by atoms with E-state index in [9.17, 15) is 0 Å². The van der Waals surface area contributed by atoms with E-state index < -0.39 is 0 Å². The summed E-state index contributed by atoms with van der Waals surface area (Å²) in [6.07, 6.45) is 3.38. The number of thiophene rings is 1. The summed E-state index contributed by atoms with van der Waals surface area (Å²) in [4.78, 5) is 0. The zero-order chi connectivity index (χ0) is 12.5. The second-order valence-electron chi connectivity index (χ2n) is 4.22. The van der Waals surface area contributed by atoms with Gasteiger partial charge in [-0.05, 0) is 50.8 Å². The van der Waals surface area contributed by atoms with Gasteiger partial charge in [-0.1, -0.05) is 0 Å². The van der Waals surface area contributed by atoms with Crippen molar-refractivity contribution in [2.45, 2.75) is 25.3 Å². The molecule has 3 rings (SSSR count). The van der Waals surface area contributed by atoms with Gasteiger partial charge in [-0.15, -0.1) is 21.5 Å². The predicted octanol–water partition coefficient (Wildman–Crippen LogP) is 3.62. The highest BCUT2D eigenvalue weighted by Gasteiger charge is 2.20. The van der Waals surface area contributed by atoms with Gasteiger partial charge in [0.2, 0.25) is 11.8 Å². The third-order valence-corrected chi connectivity index (χ3v) is 5.04. The number of nitrogens with zero attached hydrogens (tertiary/aromatic N) is 2. The molecule has 0 atom stereocenters. The smallest absolute Gasteiger partial charge is 0.249 e. The lowest BCUT2D eigenvalue weighted by molar-refractivity contribution is 0.494. The van der Waals surface area contributed by atoms with E-state index in [-0.39, 0.29) is 0 Å². The van der Waals surface area contributed by atoms with E-state index in [1.54, 1.807) is 11.3 Å². The topological polar surface area (TPSA) is 51.0 Å². The molecule has 1 saturated carbocycles. The molecule has 0 bridgehead atoms. The van der Waals surface area contributed by atoms with Crippen LogP contribution in [-0.4, -0.2) is 22.8 Å². The molecule has 2 aromatic rings. The van der Waals surface area contributed by atoms with Crippen LogP contribution in [0.15, 0.2) is 18.1 Å². The standard InChI is InChI=1S/C11H11Br2N3OS/c12-8-5-7(10(13)18-8)11-16-15-9(17-11)3-4-14-6-1-2-6/h5-6,14H,1-4H2. The van der Waals surface area contributed by atoms with Crippen LogP contribution in [0.1, 0.15) is 18.7 Å². The van der Waals surface area contributed by atoms with Gasteiger partial charge in [-0.2, -0.15) is 0 Å². The number of halogens is 2. The van der Waals surface area contributed by atoms with Crippen LogP contribution < -0.4 is 5.32 Å². The van der Waals surface area contributed by atoms with Gasteiger partial charge < -0.3 is 9.73 Å². The highest BCUT2D eigenvalue weighted by molar-refractivity contribution is 9.12. The second kappa shape index (κ2) is 5.40. The van der Waals surface area contributed by atoms with Crippen LogP contribution in [0.2, 0.25) is 0 Å². The summed E-state index contributed by atoms with van der Waals surface area (Å²) < 4.78 is 7.70. The maximum Gasteiger partial charge on any atom is 0.249 e. The number of aromatic nitrogens is 2. The molecule has 4 nitrogen and oxygen atoms in total. The van der Waals surface area contributed by atoms with Crippen LogP contribution in [0.3, 0.4) is 0 Å². The first kappa shape index (κ1) is 12.8. The summed E-state index contributed by atoms with van der Waals surface area (Å²) in [6.45, 7) is 0.904. The van der Waals surface area contributed by atoms with Crippen molar-refractivity contribution in [2.24, 2.45) is 0 Å². The van der Waals surface area contributed by atoms with Gasteiger partial charge in [-0.3, -0.25) is 0 Å². The molecule has 1 aliphatic carbocycles. The summed E-state index contributed by atoms with van der Waals surface area (Å²) >= 11 is 8.53. The maximum absolute atomic E-state index is 5.66. The summed E-state index contributed by atoms with van der Waals surface area (Å²) in [7, 11) is 0. The van der Waals surface area contributed by atoms with Gasteiger partial charge in [0, 0.05) is 19.0 Å². The van der Waals surface area contributed by atoms with Crippen molar-refractivity contribution in [3.05, 3.63) is 19.5 Å². The number of hydrogen-bond acceptors (Lipinski definition) is 5. The van der Waals surface area contributed by atoms with E-state index in [0.717, 1.165) is 32.1 Å². The Morgan fingerprint density at radius 1 is 1.39 bits per heavy atom. The highest BCUT2D eigenvalue weighted by Crippen LogP contribution is 2.37. The molecular formula is C11H11Br2N3OS. The number of hydrogen-bond donors (Lipinski definition) is 1. The fourth-order valence-electron chi connectivity index (χ4n) is 1.62. The largest absolute Gasteiger partial charge is 0.421 e. The third-order valence-electron chi connectivity index (χ3n) is 2.70. The lowest BCUT2D eigenvalue weighted by Gasteiger charge is -1.97. The molecule has 0 radical (unpaired) electrons. The average Bonchev–Trinajstić information content (AvgIpc) is 2.92. The van der Waals surface area contributed by atoms with Gasteiger partial charge in [0.05, 0.1) is 13.1 Å². The zero-order valence-electron chi connectivity index (χ0n) is 9.45. The average molecular weight is 393 g/mol. The molecule has 0 unspecified atom stereocenters. The first-order valence-electron chi connectivity index (χ1n) is 5.73. The Hall–Kier alpha value is -0.240. The van der Waals surface area contributed by atoms with Crippen LogP contribution in [0.5, 0.6) is 0 Å². The molecule has 2 aromatic heterocycles. The van der Waals surface area contributed by atoms with Crippen LogP contribution in [0.25, 0.3) is 11.5 Å². The molecule has 18 heavy (non-hydrogen) atoms. The fourth-order valence-corrected chi connectivity index (χ4v) is 4.40. The Bertz CT molecular complexity index is 550. The van der Waals surface area contributed by atoms with Gasteiger partial charge in [-0.25, -0.2) is 0 Å². The molecule has 0 amide bonds. The normalized spacial score (nSPS) is 15.2. The van der Waals surface area contributed by atoms with Crippen molar-refractivity contribution in [3.8, 4) is 11.5 Å². The quantitative estimate of drug-likeness (QED) is 0.844. The first-order valence-corrected chi connectivity index (χ1v) is 8.13. The van der Waals surface area contributed by atoms with Crippen molar-refractivity contribution in [1.82, 2.24) is 15.5 Å². The van der Waals surface area contributed by atoms with Gasteiger partial charge in [0.15, 0.2) is 0 Å². The van der Waals surface area contributed by atoms with E-state index >= 15 is 0 Å². The Morgan fingerprint density at radius 2 is 2.22 bits per heavy atom. The molecule has 0 aromatic carbocycles. The summed E-state index contributed by atoms with van der Waals surface area (Å²) in [5, 5.41) is 11.6. The lowest BCUT2D eigenvalue weighted by atomic mass is 10.3. The van der Waals surface area contributed by atoms with E-state index in [4.69, 9.17) is 4.42 Å². The van der Waals surface area contributed by atoms with Gasteiger partial charge in [0.1, 0.15) is 0 Å². The molecular weight excluding hydrogens is 382 g/mol. The zero-order valence-corrected chi connectivity index (χ0v) is 13.4. The molecule has 1 N–H and O–H groups in total. The Kier molecular flexibility index (Phi) is 3.83. The van der Waals surface area contributed by atoms with E-state index in [1.807, 2.05) is 6.07 Å². The first-order chi connectivity index (χ1) is 8.72. The molecule has 7 heteroatoms. The highest BCUT2D eigenvalue weighted by atomic mass is 79.9. The Balaban J connectivity index is 1.66. The second-order valence-corrected chi connectivity index (χ2v) is 7.97. The monoisotopic (exact) mass is 391 g/mol. The molecule has 1 aliphatic rings. The molecule has 0 saturated heterocycles. The molecule has 0 spiro atoms. The molecule has 1 fully saturated rings. The Labute approximate surface area is 125 Å². The maximum atomic E-state index is 5.66. The van der Waals surface area contributed by atoms with E-state index in [1.165, 1.54) is 12.8 Å². The van der Waals surface area contributed by atoms with Crippen LogP contribution in [0, 0.1) is 0 Å². The van der Waals surface area contributed by atoms with Gasteiger partial charge >= 0.3 is 0 Å². The van der Waals surface area contributed by atoms with Crippen LogP contribution >= 0.6 is 43.2 Å². The molecule has 2 heterocycles. The fraction of sp³-hybridized carbons (Fsp3) is 0.455. The Morgan fingerprint density at radius 3 is 2.89 bits per heavy atom. The molecule has 0 aliphatic heterocycles. The minimum absolute atomic E-state index is 0.574. The third kappa shape index (κ3) is 3.01. The lowest BCUT2D eigenvalue weighted by Crippen LogP contribution is -2.19. The summed E-state index contributed by atoms with van der Waals surface area (Å²) in [5.41, 5.74) is 0.945. The van der Waals surface area contributed by atoms with Crippen LogP contribution in [0.4, 0.5) is 0 Å². The van der Waals surface area contributed by atoms with E-state index in [2.05, 4.69) is 47.4 Å². The van der Waals surface area contributed by atoms with Crippen molar-refractivity contribution < 1.29 is 4.42 Å². The summed E-state index contributed by atoms with van der Waals surface area (Å²) in [5.74, 6) is 1.26. The van der Waals surface area contributed by atoms with Crippen molar-refractivity contribution in [3.63, 3.8) is 0 Å². The summed E-state index contributed by atoms with van der Waals surface area (Å²) in [6, 6.07) is 2.70. The van der Waals surface area contributed by atoms with Gasteiger partial charge in [0.25, 0.3) is 0 Å².